The van der Waals surface area contributed by atoms with Gasteiger partial charge in [-0.1, -0.05) is 72.3 Å². The fraction of sp³-hybridized carbons (Fsp3) is 0.286. The summed E-state index contributed by atoms with van der Waals surface area (Å²) in [7, 11) is 0. The molecule has 1 fully saturated rings. The van der Waals surface area contributed by atoms with Crippen LogP contribution in [-0.2, 0) is 9.47 Å². The first-order valence-electron chi connectivity index (χ1n) is 11.1. The largest absolute Gasteiger partial charge is 0.490 e. The number of benzene rings is 3. The van der Waals surface area contributed by atoms with E-state index in [0.29, 0.717) is 30.5 Å². The normalized spacial score (nSPS) is 18.1. The molecule has 0 radical (unpaired) electrons. The molecule has 0 aromatic heterocycles. The Bertz CT molecular complexity index is 1090. The van der Waals surface area contributed by atoms with Gasteiger partial charge in [0.05, 0.1) is 6.61 Å². The van der Waals surface area contributed by atoms with Crippen molar-refractivity contribution in [3.8, 4) is 5.75 Å². The second-order valence-electron chi connectivity index (χ2n) is 8.42. The molecule has 3 nitrogen and oxygen atoms in total. The fourth-order valence-corrected chi connectivity index (χ4v) is 4.40. The molecule has 0 bridgehead atoms. The Balaban J connectivity index is 1.79. The minimum Gasteiger partial charge on any atom is -0.490 e. The highest BCUT2D eigenvalue weighted by Crippen LogP contribution is 2.39. The summed E-state index contributed by atoms with van der Waals surface area (Å²) < 4.78 is 17.9. The number of para-hydroxylation sites is 1. The molecule has 4 rings (SSSR count). The average molecular weight is 483 g/mol. The molecule has 0 saturated carbocycles. The molecule has 1 aliphatic heterocycles. The Hall–Kier alpha value is -2.30. The van der Waals surface area contributed by atoms with Gasteiger partial charge in [0.15, 0.2) is 5.79 Å². The van der Waals surface area contributed by atoms with Gasteiger partial charge in [0.1, 0.15) is 18.5 Å². The van der Waals surface area contributed by atoms with Crippen molar-refractivity contribution < 1.29 is 14.2 Å². The summed E-state index contributed by atoms with van der Waals surface area (Å²) in [6, 6.07) is 26.4. The first-order valence-corrected chi connectivity index (χ1v) is 12.0. The van der Waals surface area contributed by atoms with Gasteiger partial charge in [0, 0.05) is 16.5 Å². The average Bonchev–Trinajstić information content (AvgIpc) is 3.18. The highest BCUT2D eigenvalue weighted by molar-refractivity contribution is 6.30. The second kappa shape index (κ2) is 10.8. The lowest BCUT2D eigenvalue weighted by Crippen LogP contribution is -2.25. The zero-order chi connectivity index (χ0) is 23.3. The summed E-state index contributed by atoms with van der Waals surface area (Å²) >= 11 is 12.5. The van der Waals surface area contributed by atoms with Crippen molar-refractivity contribution in [1.29, 1.82) is 0 Å². The van der Waals surface area contributed by atoms with Crippen LogP contribution in [0.25, 0.3) is 11.1 Å². The summed E-state index contributed by atoms with van der Waals surface area (Å²) in [6.45, 7) is 4.75. The lowest BCUT2D eigenvalue weighted by atomic mass is 9.88. The Kier molecular flexibility index (Phi) is 7.77. The van der Waals surface area contributed by atoms with E-state index in [2.05, 4.69) is 18.2 Å². The van der Waals surface area contributed by atoms with Crippen LogP contribution in [0.15, 0.2) is 78.9 Å². The van der Waals surface area contributed by atoms with Crippen molar-refractivity contribution in [3.63, 3.8) is 0 Å². The van der Waals surface area contributed by atoms with E-state index in [1.54, 1.807) is 0 Å². The van der Waals surface area contributed by atoms with Crippen LogP contribution in [0.3, 0.4) is 0 Å². The Morgan fingerprint density at radius 1 is 0.939 bits per heavy atom. The number of allylic oxidation sites excluding steroid dienone is 1. The third kappa shape index (κ3) is 5.99. The van der Waals surface area contributed by atoms with Crippen molar-refractivity contribution in [2.75, 3.05) is 19.1 Å². The molecule has 0 spiro atoms. The summed E-state index contributed by atoms with van der Waals surface area (Å²) in [5, 5.41) is 0.697. The molecule has 0 N–H and O–H groups in total. The van der Waals surface area contributed by atoms with E-state index >= 15 is 0 Å². The van der Waals surface area contributed by atoms with Crippen LogP contribution >= 0.6 is 23.2 Å². The summed E-state index contributed by atoms with van der Waals surface area (Å²) in [5.74, 6) is 0.717. The van der Waals surface area contributed by atoms with E-state index in [-0.39, 0.29) is 6.10 Å². The predicted molar refractivity (Wildman–Crippen MR) is 136 cm³/mol. The molecule has 1 atom stereocenters. The van der Waals surface area contributed by atoms with Gasteiger partial charge >= 0.3 is 0 Å². The zero-order valence-electron chi connectivity index (χ0n) is 18.9. The van der Waals surface area contributed by atoms with Crippen LogP contribution in [0.1, 0.15) is 37.0 Å². The molecule has 1 heterocycles. The van der Waals surface area contributed by atoms with Crippen LogP contribution < -0.4 is 4.74 Å². The van der Waals surface area contributed by atoms with Gasteiger partial charge in [-0.3, -0.25) is 0 Å². The van der Waals surface area contributed by atoms with Gasteiger partial charge in [-0.25, -0.2) is 0 Å². The standard InChI is InChI=1S/C28H28Cl2O3/c1-28(2)32-19-23(33-28)18-31-26-11-7-6-10-25(26)27(21-12-14-22(30)15-13-21)24(16-17-29)20-8-4-3-5-9-20/h3-15,23H,16-19H2,1-2H3. The lowest BCUT2D eigenvalue weighted by Gasteiger charge is -2.21. The molecule has 3 aromatic rings. The van der Waals surface area contributed by atoms with Gasteiger partial charge in [0.2, 0.25) is 0 Å². The molecule has 0 aliphatic carbocycles. The highest BCUT2D eigenvalue weighted by Gasteiger charge is 2.33. The first-order chi connectivity index (χ1) is 16.0. The maximum atomic E-state index is 6.31. The molecule has 5 heteroatoms. The first kappa shape index (κ1) is 23.8. The van der Waals surface area contributed by atoms with Gasteiger partial charge in [0.25, 0.3) is 0 Å². The number of halogens is 2. The van der Waals surface area contributed by atoms with Crippen molar-refractivity contribution in [3.05, 3.63) is 101 Å². The van der Waals surface area contributed by atoms with Crippen LogP contribution in [0, 0.1) is 0 Å². The van der Waals surface area contributed by atoms with E-state index in [4.69, 9.17) is 37.4 Å². The molecule has 3 aromatic carbocycles. The molecule has 1 saturated heterocycles. The molecule has 172 valence electrons. The molecule has 1 unspecified atom stereocenters. The van der Waals surface area contributed by atoms with E-state index in [0.717, 1.165) is 33.6 Å². The SMILES string of the molecule is CC1(C)OCC(COc2ccccc2C(=C(CCCl)c2ccccc2)c2ccc(Cl)cc2)O1. The van der Waals surface area contributed by atoms with Crippen LogP contribution in [-0.4, -0.2) is 31.0 Å². The minimum absolute atomic E-state index is 0.118. The Morgan fingerprint density at radius 3 is 2.30 bits per heavy atom. The topological polar surface area (TPSA) is 27.7 Å². The van der Waals surface area contributed by atoms with Crippen molar-refractivity contribution in [2.24, 2.45) is 0 Å². The van der Waals surface area contributed by atoms with Crippen molar-refractivity contribution in [1.82, 2.24) is 0 Å². The molecular weight excluding hydrogens is 455 g/mol. The lowest BCUT2D eigenvalue weighted by molar-refractivity contribution is -0.141. The Morgan fingerprint density at radius 2 is 1.64 bits per heavy atom. The summed E-state index contributed by atoms with van der Waals surface area (Å²) in [6.07, 6.45) is 0.596. The van der Waals surface area contributed by atoms with Gasteiger partial charge in [-0.2, -0.15) is 0 Å². The zero-order valence-corrected chi connectivity index (χ0v) is 20.4. The number of ether oxygens (including phenoxy) is 3. The predicted octanol–water partition coefficient (Wildman–Crippen LogP) is 7.46. The van der Waals surface area contributed by atoms with Crippen molar-refractivity contribution >= 4 is 34.3 Å². The fourth-order valence-electron chi connectivity index (χ4n) is 4.08. The highest BCUT2D eigenvalue weighted by atomic mass is 35.5. The number of hydrogen-bond acceptors (Lipinski definition) is 3. The van der Waals surface area contributed by atoms with Gasteiger partial charge in [-0.15, -0.1) is 11.6 Å². The minimum atomic E-state index is -0.581. The van der Waals surface area contributed by atoms with Crippen LogP contribution in [0.4, 0.5) is 0 Å². The number of rotatable bonds is 8. The monoisotopic (exact) mass is 482 g/mol. The van der Waals surface area contributed by atoms with Gasteiger partial charge < -0.3 is 14.2 Å². The third-order valence-corrected chi connectivity index (χ3v) is 5.99. The van der Waals surface area contributed by atoms with Gasteiger partial charge in [-0.05, 0) is 60.7 Å². The third-order valence-electron chi connectivity index (χ3n) is 5.55. The molecule has 1 aliphatic rings. The van der Waals surface area contributed by atoms with Crippen LogP contribution in [0.5, 0.6) is 5.75 Å². The molecule has 33 heavy (non-hydrogen) atoms. The summed E-state index contributed by atoms with van der Waals surface area (Å²) in [5.41, 5.74) is 5.43. The Labute approximate surface area is 205 Å². The van der Waals surface area contributed by atoms with E-state index < -0.39 is 5.79 Å². The number of alkyl halides is 1. The van der Waals surface area contributed by atoms with E-state index in [1.165, 1.54) is 0 Å². The summed E-state index contributed by atoms with van der Waals surface area (Å²) in [4.78, 5) is 0. The maximum absolute atomic E-state index is 6.31. The number of hydrogen-bond donors (Lipinski definition) is 0. The second-order valence-corrected chi connectivity index (χ2v) is 9.24. The van der Waals surface area contributed by atoms with Crippen LogP contribution in [0.2, 0.25) is 5.02 Å². The van der Waals surface area contributed by atoms with E-state index in [1.807, 2.05) is 74.5 Å². The smallest absolute Gasteiger partial charge is 0.163 e. The van der Waals surface area contributed by atoms with E-state index in [9.17, 15) is 0 Å². The van der Waals surface area contributed by atoms with Crippen molar-refractivity contribution in [2.45, 2.75) is 32.2 Å². The molecular formula is C28H28Cl2O3. The quantitative estimate of drug-likeness (QED) is 0.246. The maximum Gasteiger partial charge on any atom is 0.163 e. The molecule has 0 amide bonds.